The van der Waals surface area contributed by atoms with Crippen LogP contribution in [0.25, 0.3) is 5.69 Å². The normalized spacial score (nSPS) is 10.4. The molecule has 1 aromatic heterocycles. The van der Waals surface area contributed by atoms with Crippen LogP contribution >= 0.6 is 0 Å². The third kappa shape index (κ3) is 2.30. The van der Waals surface area contributed by atoms with E-state index in [1.807, 2.05) is 6.92 Å². The van der Waals surface area contributed by atoms with Gasteiger partial charge in [-0.2, -0.15) is 0 Å². The molecular formula is C12H12N4O3. The number of aryl methyl sites for hydroxylation is 1. The number of carbonyl (C=O) groups excluding carboxylic acids is 1. The van der Waals surface area contributed by atoms with Crippen LogP contribution in [0.3, 0.4) is 0 Å². The lowest BCUT2D eigenvalue weighted by Gasteiger charge is -2.08. The Labute approximate surface area is 108 Å². The minimum absolute atomic E-state index is 0.105. The first kappa shape index (κ1) is 12.7. The van der Waals surface area contributed by atoms with Crippen molar-refractivity contribution in [2.24, 2.45) is 5.73 Å². The van der Waals surface area contributed by atoms with Gasteiger partial charge in [0.2, 0.25) is 5.91 Å². The van der Waals surface area contributed by atoms with Crippen molar-refractivity contribution >= 4 is 11.6 Å². The highest BCUT2D eigenvalue weighted by Crippen LogP contribution is 2.25. The van der Waals surface area contributed by atoms with Crippen LogP contribution in [0.4, 0.5) is 5.69 Å². The molecule has 2 N–H and O–H groups in total. The minimum atomic E-state index is -0.698. The van der Waals surface area contributed by atoms with E-state index in [4.69, 9.17) is 5.73 Å². The first-order valence-corrected chi connectivity index (χ1v) is 5.65. The average Bonchev–Trinajstić information content (AvgIpc) is 2.85. The van der Waals surface area contributed by atoms with Gasteiger partial charge in [-0.25, -0.2) is 4.98 Å². The van der Waals surface area contributed by atoms with Crippen LogP contribution < -0.4 is 5.73 Å². The Morgan fingerprint density at radius 3 is 2.84 bits per heavy atom. The van der Waals surface area contributed by atoms with Gasteiger partial charge in [0, 0.05) is 30.4 Å². The van der Waals surface area contributed by atoms with Gasteiger partial charge in [0.1, 0.15) is 11.5 Å². The summed E-state index contributed by atoms with van der Waals surface area (Å²) in [5, 5.41) is 11.1. The summed E-state index contributed by atoms with van der Waals surface area (Å²) < 4.78 is 1.63. The smallest absolute Gasteiger partial charge is 0.294 e. The van der Waals surface area contributed by atoms with E-state index in [0.717, 1.165) is 0 Å². The zero-order chi connectivity index (χ0) is 14.0. The molecule has 0 fully saturated rings. The fraction of sp³-hybridized carbons (Fsp3) is 0.167. The van der Waals surface area contributed by atoms with Gasteiger partial charge >= 0.3 is 0 Å². The van der Waals surface area contributed by atoms with Crippen molar-refractivity contribution in [1.82, 2.24) is 9.55 Å². The lowest BCUT2D eigenvalue weighted by molar-refractivity contribution is -0.384. The number of amides is 1. The summed E-state index contributed by atoms with van der Waals surface area (Å²) in [4.78, 5) is 25.8. The Bertz CT molecular complexity index is 648. The summed E-state index contributed by atoms with van der Waals surface area (Å²) in [7, 11) is 0. The zero-order valence-electron chi connectivity index (χ0n) is 10.2. The maximum Gasteiger partial charge on any atom is 0.294 e. The Balaban J connectivity index is 2.63. The molecule has 0 radical (unpaired) electrons. The van der Waals surface area contributed by atoms with E-state index in [9.17, 15) is 14.9 Å². The van der Waals surface area contributed by atoms with Crippen LogP contribution in [-0.4, -0.2) is 20.4 Å². The molecule has 0 saturated carbocycles. The largest absolute Gasteiger partial charge is 0.366 e. The number of nitrogens with two attached hydrogens (primary N) is 1. The summed E-state index contributed by atoms with van der Waals surface area (Å²) in [6, 6.07) is 4.14. The maximum absolute atomic E-state index is 11.1. The molecule has 1 heterocycles. The second-order valence-electron chi connectivity index (χ2n) is 3.89. The monoisotopic (exact) mass is 260 g/mol. The number of carbonyl (C=O) groups is 1. The molecule has 0 aliphatic carbocycles. The van der Waals surface area contributed by atoms with Crippen LogP contribution in [0.15, 0.2) is 30.6 Å². The third-order valence-electron chi connectivity index (χ3n) is 2.75. The van der Waals surface area contributed by atoms with Crippen molar-refractivity contribution in [3.8, 4) is 5.69 Å². The van der Waals surface area contributed by atoms with Gasteiger partial charge in [-0.05, 0) is 12.1 Å². The Hall–Kier alpha value is -2.70. The molecule has 7 heteroatoms. The molecule has 0 atom stereocenters. The van der Waals surface area contributed by atoms with Crippen molar-refractivity contribution in [3.05, 3.63) is 52.1 Å². The van der Waals surface area contributed by atoms with E-state index in [0.29, 0.717) is 17.9 Å². The molecule has 0 aliphatic rings. The maximum atomic E-state index is 11.1. The number of primary amides is 1. The number of nitrogens with zero attached hydrogens (tertiary/aromatic N) is 3. The molecule has 2 rings (SSSR count). The van der Waals surface area contributed by atoms with Gasteiger partial charge in [-0.1, -0.05) is 6.92 Å². The molecule has 0 spiro atoms. The van der Waals surface area contributed by atoms with E-state index in [1.54, 1.807) is 17.0 Å². The van der Waals surface area contributed by atoms with Gasteiger partial charge in [0.25, 0.3) is 5.69 Å². The van der Waals surface area contributed by atoms with E-state index < -0.39 is 10.8 Å². The van der Waals surface area contributed by atoms with E-state index in [1.165, 1.54) is 18.2 Å². The number of nitro groups is 1. The second kappa shape index (κ2) is 4.89. The fourth-order valence-electron chi connectivity index (χ4n) is 1.84. The van der Waals surface area contributed by atoms with Crippen LogP contribution in [0.1, 0.15) is 23.1 Å². The van der Waals surface area contributed by atoms with E-state index in [-0.39, 0.29) is 11.3 Å². The number of rotatable bonds is 4. The summed E-state index contributed by atoms with van der Waals surface area (Å²) in [5.41, 5.74) is 5.42. The first-order valence-electron chi connectivity index (χ1n) is 5.65. The SMILES string of the molecule is CCc1nccn1-c1ccc(C(N)=O)cc1[N+](=O)[O-]. The summed E-state index contributed by atoms with van der Waals surface area (Å²) in [6.07, 6.45) is 3.86. The predicted octanol–water partition coefficient (Wildman–Crippen LogP) is 1.44. The standard InChI is InChI=1S/C12H12N4O3/c1-2-11-14-5-6-15(11)9-4-3-8(12(13)17)7-10(9)16(18)19/h3-7H,2H2,1H3,(H2,13,17). The predicted molar refractivity (Wildman–Crippen MR) is 68.1 cm³/mol. The molecule has 1 amide bonds. The van der Waals surface area contributed by atoms with Crippen molar-refractivity contribution in [2.45, 2.75) is 13.3 Å². The molecular weight excluding hydrogens is 248 g/mol. The Morgan fingerprint density at radius 1 is 1.53 bits per heavy atom. The van der Waals surface area contributed by atoms with Crippen molar-refractivity contribution in [2.75, 3.05) is 0 Å². The number of benzene rings is 1. The van der Waals surface area contributed by atoms with Crippen LogP contribution in [-0.2, 0) is 6.42 Å². The fourth-order valence-corrected chi connectivity index (χ4v) is 1.84. The summed E-state index contributed by atoms with van der Waals surface area (Å²) in [6.45, 7) is 1.91. The molecule has 2 aromatic rings. The van der Waals surface area contributed by atoms with Crippen molar-refractivity contribution in [3.63, 3.8) is 0 Å². The quantitative estimate of drug-likeness (QED) is 0.663. The number of aromatic nitrogens is 2. The van der Waals surface area contributed by atoms with Gasteiger partial charge in [-0.15, -0.1) is 0 Å². The lowest BCUT2D eigenvalue weighted by Crippen LogP contribution is -2.12. The summed E-state index contributed by atoms with van der Waals surface area (Å²) in [5.74, 6) is 0.00548. The molecule has 98 valence electrons. The van der Waals surface area contributed by atoms with E-state index in [2.05, 4.69) is 4.98 Å². The Kier molecular flexibility index (Phi) is 3.28. The van der Waals surface area contributed by atoms with Crippen molar-refractivity contribution in [1.29, 1.82) is 0 Å². The number of hydrogen-bond donors (Lipinski definition) is 1. The molecule has 7 nitrogen and oxygen atoms in total. The van der Waals surface area contributed by atoms with Crippen LogP contribution in [0.2, 0.25) is 0 Å². The molecule has 0 aliphatic heterocycles. The van der Waals surface area contributed by atoms with Gasteiger partial charge in [0.05, 0.1) is 4.92 Å². The highest BCUT2D eigenvalue weighted by molar-refractivity contribution is 5.94. The Morgan fingerprint density at radius 2 is 2.26 bits per heavy atom. The highest BCUT2D eigenvalue weighted by atomic mass is 16.6. The molecule has 19 heavy (non-hydrogen) atoms. The lowest BCUT2D eigenvalue weighted by atomic mass is 10.1. The van der Waals surface area contributed by atoms with Crippen molar-refractivity contribution < 1.29 is 9.72 Å². The molecule has 0 saturated heterocycles. The number of nitro benzene ring substituents is 1. The molecule has 1 aromatic carbocycles. The minimum Gasteiger partial charge on any atom is -0.366 e. The molecule has 0 bridgehead atoms. The highest BCUT2D eigenvalue weighted by Gasteiger charge is 2.19. The average molecular weight is 260 g/mol. The van der Waals surface area contributed by atoms with Crippen LogP contribution in [0.5, 0.6) is 0 Å². The number of imidazole rings is 1. The summed E-state index contributed by atoms with van der Waals surface area (Å²) >= 11 is 0. The van der Waals surface area contributed by atoms with Gasteiger partial charge in [0.15, 0.2) is 0 Å². The van der Waals surface area contributed by atoms with Gasteiger partial charge in [-0.3, -0.25) is 19.5 Å². The van der Waals surface area contributed by atoms with Gasteiger partial charge < -0.3 is 5.73 Å². The first-order chi connectivity index (χ1) is 9.04. The van der Waals surface area contributed by atoms with E-state index >= 15 is 0 Å². The zero-order valence-corrected chi connectivity index (χ0v) is 10.2. The molecule has 0 unspecified atom stereocenters. The number of hydrogen-bond acceptors (Lipinski definition) is 4. The van der Waals surface area contributed by atoms with Crippen LogP contribution in [0, 0.1) is 10.1 Å². The topological polar surface area (TPSA) is 104 Å². The second-order valence-corrected chi connectivity index (χ2v) is 3.89. The third-order valence-corrected chi connectivity index (χ3v) is 2.75.